The van der Waals surface area contributed by atoms with Gasteiger partial charge in [0.05, 0.1) is 0 Å². The minimum atomic E-state index is 0.328. The number of carbonyl (C=O) groups is 2. The second-order valence-electron chi connectivity index (χ2n) is 12.9. The monoisotopic (exact) mass is 579 g/mol. The molecule has 1 fully saturated rings. The molecule has 1 saturated heterocycles. The third-order valence-electron chi connectivity index (χ3n) is 8.83. The first-order valence-electron chi connectivity index (χ1n) is 18.5. The van der Waals surface area contributed by atoms with Crippen LogP contribution in [0.4, 0.5) is 0 Å². The van der Waals surface area contributed by atoms with E-state index in [-0.39, 0.29) is 0 Å². The summed E-state index contributed by atoms with van der Waals surface area (Å²) in [5.41, 5.74) is 0. The molecule has 1 rings (SSSR count). The predicted molar refractivity (Wildman–Crippen MR) is 181 cm³/mol. The van der Waals surface area contributed by atoms with Crippen molar-refractivity contribution in [2.45, 2.75) is 189 Å². The number of hydrogen-bond acceptors (Lipinski definition) is 3. The van der Waals surface area contributed by atoms with Crippen LogP contribution in [0.25, 0.3) is 0 Å². The number of hydrogen-bond donors (Lipinski definition) is 0. The summed E-state index contributed by atoms with van der Waals surface area (Å²) in [7, 11) is 0. The molecule has 1 unspecified atom stereocenters. The average Bonchev–Trinajstić information content (AvgIpc) is 3.45. The van der Waals surface area contributed by atoms with E-state index in [1.807, 2.05) is 6.92 Å². The number of likely N-dealkylation sites (tertiary alicyclic amines) is 1. The van der Waals surface area contributed by atoms with Crippen molar-refractivity contribution in [1.82, 2.24) is 9.80 Å². The Hall–Kier alpha value is -0.900. The quantitative estimate of drug-likeness (QED) is 0.0910. The second-order valence-corrected chi connectivity index (χ2v) is 12.9. The van der Waals surface area contributed by atoms with Gasteiger partial charge in [-0.15, -0.1) is 0 Å². The Morgan fingerprint density at radius 3 is 1.51 bits per heavy atom. The Morgan fingerprint density at radius 1 is 0.610 bits per heavy atom. The van der Waals surface area contributed by atoms with Crippen molar-refractivity contribution in [2.75, 3.05) is 32.7 Å². The molecule has 0 aromatic rings. The summed E-state index contributed by atoms with van der Waals surface area (Å²) in [4.78, 5) is 27.9. The molecule has 0 saturated carbocycles. The van der Waals surface area contributed by atoms with E-state index in [2.05, 4.69) is 30.6 Å². The van der Waals surface area contributed by atoms with Crippen molar-refractivity contribution in [2.24, 2.45) is 5.92 Å². The summed E-state index contributed by atoms with van der Waals surface area (Å²) in [5, 5.41) is 0. The van der Waals surface area contributed by atoms with E-state index in [1.54, 1.807) is 6.92 Å². The maximum Gasteiger partial charge on any atom is 0.222 e. The molecule has 1 aliphatic heterocycles. The Bertz CT molecular complexity index is 575. The summed E-state index contributed by atoms with van der Waals surface area (Å²) in [5.74, 6) is 1.35. The molecular formula is C37H74N2O2. The van der Waals surface area contributed by atoms with Crippen LogP contribution in [0.5, 0.6) is 0 Å². The maximum atomic E-state index is 12.0. The van der Waals surface area contributed by atoms with Crippen molar-refractivity contribution >= 4 is 11.7 Å². The molecule has 1 aliphatic rings. The molecule has 4 nitrogen and oxygen atoms in total. The largest absolute Gasteiger partial charge is 0.342 e. The molecule has 244 valence electrons. The lowest BCUT2D eigenvalue weighted by atomic mass is 10.0. The van der Waals surface area contributed by atoms with Gasteiger partial charge in [0.25, 0.3) is 0 Å². The van der Waals surface area contributed by atoms with Crippen LogP contribution in [0.15, 0.2) is 0 Å². The van der Waals surface area contributed by atoms with Gasteiger partial charge < -0.3 is 14.6 Å². The molecule has 0 spiro atoms. The number of Topliss-reactive ketones (excluding diaryl/α,β-unsaturated/α-hetero) is 1. The molecule has 0 aromatic carbocycles. The third kappa shape index (κ3) is 26.5. The Kier molecular flexibility index (Phi) is 29.9. The van der Waals surface area contributed by atoms with Crippen molar-refractivity contribution in [3.63, 3.8) is 0 Å². The summed E-state index contributed by atoms with van der Waals surface area (Å²) >= 11 is 0. The molecular weight excluding hydrogens is 504 g/mol. The van der Waals surface area contributed by atoms with Crippen molar-refractivity contribution in [3.8, 4) is 0 Å². The van der Waals surface area contributed by atoms with Gasteiger partial charge in [-0.2, -0.15) is 0 Å². The van der Waals surface area contributed by atoms with Crippen molar-refractivity contribution < 1.29 is 9.59 Å². The molecule has 0 bridgehead atoms. The van der Waals surface area contributed by atoms with E-state index >= 15 is 0 Å². The van der Waals surface area contributed by atoms with Crippen molar-refractivity contribution in [1.29, 1.82) is 0 Å². The number of rotatable bonds is 27. The molecule has 0 radical (unpaired) electrons. The fourth-order valence-electron chi connectivity index (χ4n) is 5.96. The van der Waals surface area contributed by atoms with Crippen molar-refractivity contribution in [3.05, 3.63) is 0 Å². The van der Waals surface area contributed by atoms with Crippen LogP contribution in [0.1, 0.15) is 189 Å². The molecule has 1 amide bonds. The smallest absolute Gasteiger partial charge is 0.222 e. The molecule has 1 atom stereocenters. The van der Waals surface area contributed by atoms with Crippen LogP contribution < -0.4 is 0 Å². The highest BCUT2D eigenvalue weighted by Gasteiger charge is 2.25. The topological polar surface area (TPSA) is 40.6 Å². The number of carbonyl (C=O) groups excluding carboxylic acids is 2. The first-order chi connectivity index (χ1) is 20.0. The van der Waals surface area contributed by atoms with Gasteiger partial charge in [0.1, 0.15) is 5.78 Å². The normalized spacial score (nSPS) is 14.9. The zero-order valence-electron chi connectivity index (χ0n) is 28.8. The van der Waals surface area contributed by atoms with Gasteiger partial charge in [-0.3, -0.25) is 4.79 Å². The van der Waals surface area contributed by atoms with Gasteiger partial charge >= 0.3 is 0 Å². The summed E-state index contributed by atoms with van der Waals surface area (Å²) in [6.45, 7) is 16.0. The number of nitrogens with zero attached hydrogens (tertiary/aromatic N) is 2. The van der Waals surface area contributed by atoms with Gasteiger partial charge in [-0.1, -0.05) is 137 Å². The highest BCUT2D eigenvalue weighted by Crippen LogP contribution is 2.21. The van der Waals surface area contributed by atoms with Crippen LogP contribution in [0, 0.1) is 5.92 Å². The zero-order valence-corrected chi connectivity index (χ0v) is 28.8. The van der Waals surface area contributed by atoms with Gasteiger partial charge in [0.2, 0.25) is 5.91 Å². The Labute approximate surface area is 258 Å². The minimum absolute atomic E-state index is 0.328. The maximum absolute atomic E-state index is 12.0. The lowest BCUT2D eigenvalue weighted by Gasteiger charge is -2.24. The van der Waals surface area contributed by atoms with Crippen LogP contribution >= 0.6 is 0 Å². The van der Waals surface area contributed by atoms with Crippen LogP contribution in [-0.2, 0) is 9.59 Å². The molecule has 4 heteroatoms. The fraction of sp³-hybridized carbons (Fsp3) is 0.946. The third-order valence-corrected chi connectivity index (χ3v) is 8.83. The first kappa shape index (κ1) is 40.1. The van der Waals surface area contributed by atoms with Gasteiger partial charge in [-0.05, 0) is 64.6 Å². The molecule has 41 heavy (non-hydrogen) atoms. The summed E-state index contributed by atoms with van der Waals surface area (Å²) in [6, 6.07) is 0. The second kappa shape index (κ2) is 30.6. The summed E-state index contributed by atoms with van der Waals surface area (Å²) in [6.07, 6.45) is 30.9. The SMILES string of the molecule is CCCCCC.CCCCCCCCCCCCCN(CCCCCCCC(C)=O)CCC1CCN(C(=O)CC)C1. The number of unbranched alkanes of at least 4 members (excludes halogenated alkanes) is 17. The van der Waals surface area contributed by atoms with E-state index in [4.69, 9.17) is 0 Å². The van der Waals surface area contributed by atoms with Crippen LogP contribution in [0.2, 0.25) is 0 Å². The van der Waals surface area contributed by atoms with E-state index in [1.165, 1.54) is 154 Å². The van der Waals surface area contributed by atoms with E-state index in [0.29, 0.717) is 24.0 Å². The summed E-state index contributed by atoms with van der Waals surface area (Å²) < 4.78 is 0. The van der Waals surface area contributed by atoms with E-state index in [0.717, 1.165) is 25.9 Å². The number of amides is 1. The molecule has 1 heterocycles. The zero-order chi connectivity index (χ0) is 30.4. The Morgan fingerprint density at radius 2 is 1.05 bits per heavy atom. The Balaban J connectivity index is 0.00000239. The highest BCUT2D eigenvalue weighted by atomic mass is 16.2. The number of ketones is 1. The van der Waals surface area contributed by atoms with Crippen LogP contribution in [-0.4, -0.2) is 54.2 Å². The van der Waals surface area contributed by atoms with Gasteiger partial charge in [0.15, 0.2) is 0 Å². The molecule has 0 aromatic heterocycles. The first-order valence-corrected chi connectivity index (χ1v) is 18.5. The minimum Gasteiger partial charge on any atom is -0.342 e. The van der Waals surface area contributed by atoms with E-state index < -0.39 is 0 Å². The lowest BCUT2D eigenvalue weighted by molar-refractivity contribution is -0.129. The highest BCUT2D eigenvalue weighted by molar-refractivity contribution is 5.76. The standard InChI is InChI=1S/C31H60N2O2.C6H14/c1-4-6-7-8-9-10-11-12-13-16-19-24-32(25-20-17-14-15-18-21-29(3)34)26-22-30-23-27-33(28-30)31(35)5-2;1-3-5-6-4-2/h30H,4-28H2,1-3H3;3-6H2,1-2H3. The fourth-order valence-corrected chi connectivity index (χ4v) is 5.96. The predicted octanol–water partition coefficient (Wildman–Crippen LogP) is 10.8. The molecule has 0 aliphatic carbocycles. The lowest BCUT2D eigenvalue weighted by Crippen LogP contribution is -2.30. The van der Waals surface area contributed by atoms with E-state index in [9.17, 15) is 9.59 Å². The average molecular weight is 579 g/mol. The molecule has 0 N–H and O–H groups in total. The van der Waals surface area contributed by atoms with Gasteiger partial charge in [0, 0.05) is 25.9 Å². The van der Waals surface area contributed by atoms with Gasteiger partial charge in [-0.25, -0.2) is 0 Å². The van der Waals surface area contributed by atoms with Crippen LogP contribution in [0.3, 0.4) is 0 Å².